The van der Waals surface area contributed by atoms with E-state index in [0.717, 1.165) is 0 Å². The van der Waals surface area contributed by atoms with E-state index in [1.165, 1.54) is 11.8 Å². The Morgan fingerprint density at radius 2 is 1.71 bits per heavy atom. The van der Waals surface area contributed by atoms with Gasteiger partial charge in [0.05, 0.1) is 40.0 Å². The summed E-state index contributed by atoms with van der Waals surface area (Å²) in [5.74, 6) is -0.470. The fourth-order valence-electron chi connectivity index (χ4n) is 2.91. The van der Waals surface area contributed by atoms with E-state index in [-0.39, 0.29) is 22.9 Å². The van der Waals surface area contributed by atoms with E-state index in [2.05, 4.69) is 17.5 Å². The van der Waals surface area contributed by atoms with Gasteiger partial charge in [0.15, 0.2) is 5.78 Å². The molecule has 5 nitrogen and oxygen atoms in total. The van der Waals surface area contributed by atoms with Crippen LogP contribution in [0.1, 0.15) is 21.8 Å². The Morgan fingerprint density at radius 3 is 2.36 bits per heavy atom. The summed E-state index contributed by atoms with van der Waals surface area (Å²) in [6.07, 6.45) is 0. The third-order valence-electron chi connectivity index (χ3n) is 4.26. The van der Waals surface area contributed by atoms with E-state index >= 15 is 0 Å². The smallest absolute Gasteiger partial charge is 0.173 e. The summed E-state index contributed by atoms with van der Waals surface area (Å²) in [7, 11) is 0. The van der Waals surface area contributed by atoms with Crippen molar-refractivity contribution in [3.05, 3.63) is 92.7 Å². The summed E-state index contributed by atoms with van der Waals surface area (Å²) < 4.78 is 0. The van der Waals surface area contributed by atoms with Crippen LogP contribution in [-0.2, 0) is 0 Å². The molecule has 0 fully saturated rings. The molecule has 0 amide bonds. The number of rotatable bonds is 5. The second kappa shape index (κ2) is 8.67. The Kier molecular flexibility index (Phi) is 6.06. The van der Waals surface area contributed by atoms with Gasteiger partial charge in [-0.05, 0) is 11.6 Å². The molecule has 0 radical (unpaired) electrons. The van der Waals surface area contributed by atoms with Crippen molar-refractivity contribution in [3.63, 3.8) is 0 Å². The largest absolute Gasteiger partial charge is 0.384 e. The maximum atomic E-state index is 12.4. The average Bonchev–Trinajstić information content (AvgIpc) is 2.72. The minimum Gasteiger partial charge on any atom is -0.384 e. The van der Waals surface area contributed by atoms with Crippen molar-refractivity contribution in [1.82, 2.24) is 5.32 Å². The van der Waals surface area contributed by atoms with Gasteiger partial charge in [-0.2, -0.15) is 10.5 Å². The molecule has 0 aliphatic carbocycles. The first-order chi connectivity index (χ1) is 13.6. The van der Waals surface area contributed by atoms with E-state index in [4.69, 9.17) is 17.3 Å². The zero-order chi connectivity index (χ0) is 20.1. The molecule has 3 rings (SSSR count). The van der Waals surface area contributed by atoms with Crippen LogP contribution in [0.4, 0.5) is 0 Å². The Balaban J connectivity index is 1.96. The number of benzene rings is 2. The van der Waals surface area contributed by atoms with Gasteiger partial charge in [0.1, 0.15) is 5.82 Å². The minimum atomic E-state index is -0.681. The molecule has 1 atom stereocenters. The first-order valence-corrected chi connectivity index (χ1v) is 9.69. The molecule has 2 aromatic carbocycles. The van der Waals surface area contributed by atoms with Gasteiger partial charge in [-0.15, -0.1) is 0 Å². The lowest BCUT2D eigenvalue weighted by atomic mass is 9.84. The molecule has 1 aliphatic heterocycles. The molecule has 0 saturated heterocycles. The highest BCUT2D eigenvalue weighted by Crippen LogP contribution is 2.41. The summed E-state index contributed by atoms with van der Waals surface area (Å²) in [6.45, 7) is 0. The standard InChI is InChI=1S/C21H15ClN4OS/c22-17-9-5-4-8-14(17)19-15(10-23)20(25)26-21(16(19)11-24)28-12-18(27)13-6-2-1-3-7-13/h1-9,19,26H,12,25H2/t19-/m1/s1. The fraction of sp³-hybridized carbons (Fsp3) is 0.0952. The molecule has 1 aliphatic rings. The molecule has 1 heterocycles. The van der Waals surface area contributed by atoms with Crippen LogP contribution in [0.15, 0.2) is 76.6 Å². The number of allylic oxidation sites excluding steroid dienone is 2. The summed E-state index contributed by atoms with van der Waals surface area (Å²) in [5.41, 5.74) is 7.80. The molecule has 7 heteroatoms. The summed E-state index contributed by atoms with van der Waals surface area (Å²) >= 11 is 7.50. The van der Waals surface area contributed by atoms with Crippen molar-refractivity contribution in [2.24, 2.45) is 5.73 Å². The van der Waals surface area contributed by atoms with E-state index in [1.54, 1.807) is 48.5 Å². The molecule has 3 N–H and O–H groups in total. The number of carbonyl (C=O) groups is 1. The fourth-order valence-corrected chi connectivity index (χ4v) is 4.10. The zero-order valence-electron chi connectivity index (χ0n) is 14.6. The summed E-state index contributed by atoms with van der Waals surface area (Å²) in [5, 5.41) is 23.2. The summed E-state index contributed by atoms with van der Waals surface area (Å²) in [6, 6.07) is 20.2. The number of dihydropyridines is 1. The highest BCUT2D eigenvalue weighted by atomic mass is 35.5. The Bertz CT molecular complexity index is 1060. The Labute approximate surface area is 172 Å². The first kappa shape index (κ1) is 19.6. The van der Waals surface area contributed by atoms with Crippen LogP contribution < -0.4 is 11.1 Å². The van der Waals surface area contributed by atoms with Crippen LogP contribution in [0.2, 0.25) is 5.02 Å². The molecule has 0 bridgehead atoms. The van der Waals surface area contributed by atoms with Crippen LogP contribution in [0.3, 0.4) is 0 Å². The maximum absolute atomic E-state index is 12.4. The van der Waals surface area contributed by atoms with E-state index in [9.17, 15) is 15.3 Å². The number of nitrogens with zero attached hydrogens (tertiary/aromatic N) is 2. The van der Waals surface area contributed by atoms with Crippen molar-refractivity contribution in [2.45, 2.75) is 5.92 Å². The maximum Gasteiger partial charge on any atom is 0.173 e. The number of hydrogen-bond acceptors (Lipinski definition) is 6. The third-order valence-corrected chi connectivity index (χ3v) is 5.62. The quantitative estimate of drug-likeness (QED) is 0.725. The molecule has 0 saturated carbocycles. The minimum absolute atomic E-state index is 0.0693. The van der Waals surface area contributed by atoms with Crippen LogP contribution >= 0.6 is 23.4 Å². The molecule has 2 aromatic rings. The number of thioether (sulfide) groups is 1. The predicted molar refractivity (Wildman–Crippen MR) is 110 cm³/mol. The second-order valence-corrected chi connectivity index (χ2v) is 7.34. The SMILES string of the molecule is N#CC1=C(N)NC(SCC(=O)c2ccccc2)=C(C#N)[C@@H]1c1ccccc1Cl. The molecule has 138 valence electrons. The van der Waals surface area contributed by atoms with Gasteiger partial charge in [-0.1, -0.05) is 71.9 Å². The van der Waals surface area contributed by atoms with Crippen LogP contribution in [-0.4, -0.2) is 11.5 Å². The van der Waals surface area contributed by atoms with Crippen LogP contribution in [0, 0.1) is 22.7 Å². The van der Waals surface area contributed by atoms with Gasteiger partial charge in [0.2, 0.25) is 0 Å². The lowest BCUT2D eigenvalue weighted by Crippen LogP contribution is -2.30. The highest BCUT2D eigenvalue weighted by molar-refractivity contribution is 8.03. The van der Waals surface area contributed by atoms with Crippen LogP contribution in [0.5, 0.6) is 0 Å². The molecule has 28 heavy (non-hydrogen) atoms. The highest BCUT2D eigenvalue weighted by Gasteiger charge is 2.33. The van der Waals surface area contributed by atoms with Gasteiger partial charge in [-0.3, -0.25) is 4.79 Å². The summed E-state index contributed by atoms with van der Waals surface area (Å²) in [4.78, 5) is 12.4. The topological polar surface area (TPSA) is 103 Å². The molecule has 0 aromatic heterocycles. The number of nitrogens with one attached hydrogen (secondary N) is 1. The second-order valence-electron chi connectivity index (χ2n) is 5.95. The van der Waals surface area contributed by atoms with Gasteiger partial charge in [0, 0.05) is 10.6 Å². The normalized spacial score (nSPS) is 16.2. The van der Waals surface area contributed by atoms with Gasteiger partial charge in [-0.25, -0.2) is 0 Å². The van der Waals surface area contributed by atoms with Crippen molar-refractivity contribution in [3.8, 4) is 12.1 Å². The number of nitrogens with two attached hydrogens (primary N) is 1. The van der Waals surface area contributed by atoms with Gasteiger partial charge < -0.3 is 11.1 Å². The van der Waals surface area contributed by atoms with Crippen molar-refractivity contribution < 1.29 is 4.79 Å². The van der Waals surface area contributed by atoms with Crippen molar-refractivity contribution in [1.29, 1.82) is 10.5 Å². The Hall–Kier alpha value is -3.19. The lowest BCUT2D eigenvalue weighted by molar-refractivity contribution is 0.102. The number of carbonyl (C=O) groups excluding carboxylic acids is 1. The average molecular weight is 407 g/mol. The van der Waals surface area contributed by atoms with E-state index < -0.39 is 5.92 Å². The zero-order valence-corrected chi connectivity index (χ0v) is 16.2. The van der Waals surface area contributed by atoms with Gasteiger partial charge in [0.25, 0.3) is 0 Å². The number of halogens is 1. The Morgan fingerprint density at radius 1 is 1.07 bits per heavy atom. The van der Waals surface area contributed by atoms with Crippen molar-refractivity contribution in [2.75, 3.05) is 5.75 Å². The first-order valence-electron chi connectivity index (χ1n) is 8.33. The predicted octanol–water partition coefficient (Wildman–Crippen LogP) is 4.07. The third kappa shape index (κ3) is 3.89. The molecule has 0 unspecified atom stereocenters. The number of hydrogen-bond donors (Lipinski definition) is 2. The number of ketones is 1. The number of Topliss-reactive ketones (excluding diaryl/α,β-unsaturated/α-hetero) is 1. The molecular formula is C21H15ClN4OS. The monoisotopic (exact) mass is 406 g/mol. The van der Waals surface area contributed by atoms with Crippen LogP contribution in [0.25, 0.3) is 0 Å². The van der Waals surface area contributed by atoms with E-state index in [0.29, 0.717) is 26.8 Å². The molecular weight excluding hydrogens is 392 g/mol. The lowest BCUT2D eigenvalue weighted by Gasteiger charge is -2.27. The van der Waals surface area contributed by atoms with Crippen molar-refractivity contribution >= 4 is 29.1 Å². The van der Waals surface area contributed by atoms with E-state index in [1.807, 2.05) is 6.07 Å². The van der Waals surface area contributed by atoms with Gasteiger partial charge >= 0.3 is 0 Å². The number of nitriles is 2. The molecule has 0 spiro atoms.